The average Bonchev–Trinajstić information content (AvgIpc) is 3.27. The predicted molar refractivity (Wildman–Crippen MR) is 123 cm³/mol. The number of hydrogen-bond acceptors (Lipinski definition) is 5. The van der Waals surface area contributed by atoms with Gasteiger partial charge in [0, 0.05) is 23.5 Å². The minimum absolute atomic E-state index is 0.122. The van der Waals surface area contributed by atoms with Crippen LogP contribution < -0.4 is 10.9 Å². The van der Waals surface area contributed by atoms with Crippen LogP contribution in [0, 0.1) is 13.8 Å². The molecule has 2 heterocycles. The van der Waals surface area contributed by atoms with E-state index in [9.17, 15) is 9.59 Å². The lowest BCUT2D eigenvalue weighted by molar-refractivity contribution is -0.116. The predicted octanol–water partition coefficient (Wildman–Crippen LogP) is 4.38. The number of aryl methyl sites for hydroxylation is 3. The Morgan fingerprint density at radius 2 is 1.78 bits per heavy atom. The molecule has 2 aromatic heterocycles. The molecule has 0 aliphatic heterocycles. The van der Waals surface area contributed by atoms with E-state index in [1.165, 1.54) is 10.6 Å². The van der Waals surface area contributed by atoms with Crippen LogP contribution in [0.3, 0.4) is 0 Å². The van der Waals surface area contributed by atoms with Gasteiger partial charge in [-0.15, -0.1) is 0 Å². The summed E-state index contributed by atoms with van der Waals surface area (Å²) in [6, 6.07) is 16.7. The number of pyridine rings is 1. The second-order valence-electron chi connectivity index (χ2n) is 7.68. The maximum Gasteiger partial charge on any atom is 0.259 e. The van der Waals surface area contributed by atoms with Gasteiger partial charge in [-0.1, -0.05) is 60.1 Å². The highest BCUT2D eigenvalue weighted by Crippen LogP contribution is 2.23. The molecule has 162 valence electrons. The molecular weight excluding hydrogens is 404 g/mol. The lowest BCUT2D eigenvalue weighted by atomic mass is 10.1. The molecule has 0 fully saturated rings. The number of nitrogens with zero attached hydrogens (tertiary/aromatic N) is 3. The van der Waals surface area contributed by atoms with Crippen LogP contribution >= 0.6 is 0 Å². The standard InChI is InChI=1S/C25H24N4O3/c1-4-18-7-5-6-17(3)23(18)26-21(30)15-29-14-20(12-13-22(29)31)25-27-24(28-32-25)19-10-8-16(2)9-11-19/h5-14H,4,15H2,1-3H3,(H,26,30). The van der Waals surface area contributed by atoms with Gasteiger partial charge in [-0.2, -0.15) is 4.98 Å². The Labute approximate surface area is 185 Å². The molecule has 0 radical (unpaired) electrons. The molecule has 0 atom stereocenters. The summed E-state index contributed by atoms with van der Waals surface area (Å²) in [5.74, 6) is 0.461. The van der Waals surface area contributed by atoms with Gasteiger partial charge in [-0.25, -0.2) is 0 Å². The van der Waals surface area contributed by atoms with Gasteiger partial charge in [0.1, 0.15) is 6.54 Å². The molecule has 7 nitrogen and oxygen atoms in total. The van der Waals surface area contributed by atoms with Crippen LogP contribution in [-0.4, -0.2) is 20.6 Å². The summed E-state index contributed by atoms with van der Waals surface area (Å²) >= 11 is 0. The van der Waals surface area contributed by atoms with Gasteiger partial charge >= 0.3 is 0 Å². The van der Waals surface area contributed by atoms with E-state index in [4.69, 9.17) is 4.52 Å². The van der Waals surface area contributed by atoms with Crippen LogP contribution in [0.25, 0.3) is 22.8 Å². The number of amides is 1. The number of aromatic nitrogens is 3. The molecular formula is C25H24N4O3. The lowest BCUT2D eigenvalue weighted by Crippen LogP contribution is -2.27. The van der Waals surface area contributed by atoms with Gasteiger partial charge < -0.3 is 14.4 Å². The fourth-order valence-corrected chi connectivity index (χ4v) is 3.48. The van der Waals surface area contributed by atoms with Crippen LogP contribution in [0.4, 0.5) is 5.69 Å². The van der Waals surface area contributed by atoms with E-state index < -0.39 is 0 Å². The zero-order chi connectivity index (χ0) is 22.7. The normalized spacial score (nSPS) is 10.8. The van der Waals surface area contributed by atoms with E-state index in [2.05, 4.69) is 15.5 Å². The highest BCUT2D eigenvalue weighted by atomic mass is 16.5. The summed E-state index contributed by atoms with van der Waals surface area (Å²) in [6.07, 6.45) is 2.36. The first-order valence-corrected chi connectivity index (χ1v) is 10.4. The maximum atomic E-state index is 12.7. The smallest absolute Gasteiger partial charge is 0.259 e. The van der Waals surface area contributed by atoms with Crippen LogP contribution in [0.15, 0.2) is 70.1 Å². The minimum Gasteiger partial charge on any atom is -0.334 e. The molecule has 0 saturated carbocycles. The molecule has 1 amide bonds. The van der Waals surface area contributed by atoms with Crippen molar-refractivity contribution in [1.82, 2.24) is 14.7 Å². The van der Waals surface area contributed by atoms with Gasteiger partial charge in [-0.3, -0.25) is 9.59 Å². The number of benzene rings is 2. The number of para-hydroxylation sites is 1. The molecule has 0 unspecified atom stereocenters. The molecule has 0 aliphatic carbocycles. The van der Waals surface area contributed by atoms with Crippen molar-refractivity contribution in [3.05, 3.63) is 87.8 Å². The van der Waals surface area contributed by atoms with Gasteiger partial charge in [0.05, 0.1) is 5.56 Å². The molecule has 0 spiro atoms. The Bertz CT molecular complexity index is 1320. The fraction of sp³-hybridized carbons (Fsp3) is 0.200. The summed E-state index contributed by atoms with van der Waals surface area (Å²) in [5.41, 5.74) is 5.07. The zero-order valence-electron chi connectivity index (χ0n) is 18.3. The molecule has 7 heteroatoms. The van der Waals surface area contributed by atoms with Crippen molar-refractivity contribution in [3.63, 3.8) is 0 Å². The monoisotopic (exact) mass is 428 g/mol. The van der Waals surface area contributed by atoms with E-state index in [1.54, 1.807) is 12.3 Å². The molecule has 0 bridgehead atoms. The molecule has 1 N–H and O–H groups in total. The number of hydrogen-bond donors (Lipinski definition) is 1. The first kappa shape index (κ1) is 21.2. The minimum atomic E-state index is -0.289. The van der Waals surface area contributed by atoms with Gasteiger partial charge in [0.25, 0.3) is 11.4 Å². The number of anilines is 1. The van der Waals surface area contributed by atoms with Crippen molar-refractivity contribution in [2.75, 3.05) is 5.32 Å². The summed E-state index contributed by atoms with van der Waals surface area (Å²) in [5, 5.41) is 6.98. The average molecular weight is 428 g/mol. The summed E-state index contributed by atoms with van der Waals surface area (Å²) in [6.45, 7) is 5.87. The Morgan fingerprint density at radius 1 is 1.03 bits per heavy atom. The van der Waals surface area contributed by atoms with Crippen LogP contribution in [-0.2, 0) is 17.8 Å². The Morgan fingerprint density at radius 3 is 2.53 bits per heavy atom. The van der Waals surface area contributed by atoms with Gasteiger partial charge in [-0.05, 0) is 37.5 Å². The highest BCUT2D eigenvalue weighted by Gasteiger charge is 2.14. The zero-order valence-corrected chi connectivity index (χ0v) is 18.3. The topological polar surface area (TPSA) is 90.0 Å². The highest BCUT2D eigenvalue weighted by molar-refractivity contribution is 5.92. The Hall–Kier alpha value is -4.00. The third-order valence-corrected chi connectivity index (χ3v) is 5.28. The second-order valence-corrected chi connectivity index (χ2v) is 7.68. The summed E-state index contributed by atoms with van der Waals surface area (Å²) in [4.78, 5) is 29.5. The molecule has 0 saturated heterocycles. The van der Waals surface area contributed by atoms with Crippen molar-refractivity contribution in [3.8, 4) is 22.8 Å². The third kappa shape index (κ3) is 4.51. The molecule has 32 heavy (non-hydrogen) atoms. The first-order chi connectivity index (χ1) is 15.4. The van der Waals surface area contributed by atoms with E-state index in [-0.39, 0.29) is 23.9 Å². The third-order valence-electron chi connectivity index (χ3n) is 5.28. The number of carbonyl (C=O) groups excluding carboxylic acids is 1. The van der Waals surface area contributed by atoms with E-state index in [1.807, 2.05) is 63.2 Å². The van der Waals surface area contributed by atoms with Crippen molar-refractivity contribution < 1.29 is 9.32 Å². The lowest BCUT2D eigenvalue weighted by Gasteiger charge is -2.13. The van der Waals surface area contributed by atoms with Crippen LogP contribution in [0.2, 0.25) is 0 Å². The first-order valence-electron chi connectivity index (χ1n) is 10.4. The molecule has 4 rings (SSSR count). The van der Waals surface area contributed by atoms with E-state index in [0.717, 1.165) is 34.4 Å². The summed E-state index contributed by atoms with van der Waals surface area (Å²) < 4.78 is 6.74. The molecule has 0 aliphatic rings. The van der Waals surface area contributed by atoms with Crippen molar-refractivity contribution in [1.29, 1.82) is 0 Å². The van der Waals surface area contributed by atoms with Crippen molar-refractivity contribution in [2.45, 2.75) is 33.7 Å². The number of rotatable bonds is 6. The molecule has 4 aromatic rings. The van der Waals surface area contributed by atoms with Crippen LogP contribution in [0.5, 0.6) is 0 Å². The van der Waals surface area contributed by atoms with Crippen molar-refractivity contribution in [2.24, 2.45) is 0 Å². The Kier molecular flexibility index (Phi) is 5.98. The van der Waals surface area contributed by atoms with E-state index >= 15 is 0 Å². The van der Waals surface area contributed by atoms with Crippen molar-refractivity contribution >= 4 is 11.6 Å². The quantitative estimate of drug-likeness (QED) is 0.492. The fourth-order valence-electron chi connectivity index (χ4n) is 3.48. The van der Waals surface area contributed by atoms with Gasteiger partial charge in [0.15, 0.2) is 0 Å². The largest absolute Gasteiger partial charge is 0.334 e. The Balaban J connectivity index is 1.55. The maximum absolute atomic E-state index is 12.7. The van der Waals surface area contributed by atoms with Crippen LogP contribution in [0.1, 0.15) is 23.6 Å². The number of nitrogens with one attached hydrogen (secondary N) is 1. The van der Waals surface area contributed by atoms with E-state index in [0.29, 0.717) is 11.4 Å². The summed E-state index contributed by atoms with van der Waals surface area (Å²) in [7, 11) is 0. The SMILES string of the molecule is CCc1cccc(C)c1NC(=O)Cn1cc(-c2nc(-c3ccc(C)cc3)no2)ccc1=O. The number of carbonyl (C=O) groups is 1. The molecule has 2 aromatic carbocycles. The van der Waals surface area contributed by atoms with Gasteiger partial charge in [0.2, 0.25) is 11.7 Å². The second kappa shape index (κ2) is 9.01.